The van der Waals surface area contributed by atoms with E-state index in [0.717, 1.165) is 20.8 Å². The number of para-hydroxylation sites is 1. The fraction of sp³-hybridized carbons (Fsp3) is 0.333. The van der Waals surface area contributed by atoms with Crippen molar-refractivity contribution in [2.24, 2.45) is 0 Å². The first kappa shape index (κ1) is 16.4. The largest absolute Gasteiger partial charge is 0.434 e. The van der Waals surface area contributed by atoms with Gasteiger partial charge in [-0.05, 0) is 47.1 Å². The van der Waals surface area contributed by atoms with E-state index >= 15 is 0 Å². The lowest BCUT2D eigenvalue weighted by Gasteiger charge is -2.20. The SMILES string of the molecule is CCNC(c1cc(C)c(Br)s1)c1ccccc1OC(F)F. The fourth-order valence-electron chi connectivity index (χ4n) is 2.12. The van der Waals surface area contributed by atoms with Crippen LogP contribution < -0.4 is 10.1 Å². The van der Waals surface area contributed by atoms with E-state index in [1.807, 2.05) is 26.0 Å². The molecule has 0 aliphatic rings. The Bertz CT molecular complexity index is 584. The molecule has 1 unspecified atom stereocenters. The number of halogens is 3. The maximum atomic E-state index is 12.6. The van der Waals surface area contributed by atoms with Crippen LogP contribution in [0, 0.1) is 6.92 Å². The van der Waals surface area contributed by atoms with E-state index in [4.69, 9.17) is 0 Å². The van der Waals surface area contributed by atoms with Gasteiger partial charge in [-0.25, -0.2) is 0 Å². The molecule has 1 heterocycles. The van der Waals surface area contributed by atoms with Gasteiger partial charge in [-0.2, -0.15) is 8.78 Å². The second-order valence-corrected chi connectivity index (χ2v) is 6.91. The first-order chi connectivity index (χ1) is 10.0. The van der Waals surface area contributed by atoms with Crippen molar-refractivity contribution in [3.8, 4) is 5.75 Å². The summed E-state index contributed by atoms with van der Waals surface area (Å²) < 4.78 is 30.8. The van der Waals surface area contributed by atoms with Gasteiger partial charge in [0.1, 0.15) is 5.75 Å². The van der Waals surface area contributed by atoms with E-state index in [0.29, 0.717) is 5.56 Å². The second-order valence-electron chi connectivity index (χ2n) is 4.51. The monoisotopic (exact) mass is 375 g/mol. The molecule has 1 N–H and O–H groups in total. The number of hydrogen-bond donors (Lipinski definition) is 1. The van der Waals surface area contributed by atoms with E-state index < -0.39 is 6.61 Å². The summed E-state index contributed by atoms with van der Waals surface area (Å²) in [7, 11) is 0. The third kappa shape index (κ3) is 4.02. The third-order valence-electron chi connectivity index (χ3n) is 3.02. The molecule has 0 saturated carbocycles. The van der Waals surface area contributed by atoms with Crippen molar-refractivity contribution in [1.29, 1.82) is 0 Å². The molecule has 114 valence electrons. The van der Waals surface area contributed by atoms with Crippen molar-refractivity contribution in [1.82, 2.24) is 5.32 Å². The Hall–Kier alpha value is -0.980. The van der Waals surface area contributed by atoms with Gasteiger partial charge >= 0.3 is 6.61 Å². The summed E-state index contributed by atoms with van der Waals surface area (Å²) in [5.74, 6) is 0.209. The summed E-state index contributed by atoms with van der Waals surface area (Å²) in [6.45, 7) is 1.89. The number of alkyl halides is 2. The Labute approximate surface area is 135 Å². The third-order valence-corrected chi connectivity index (χ3v) is 5.22. The fourth-order valence-corrected chi connectivity index (χ4v) is 3.78. The summed E-state index contributed by atoms with van der Waals surface area (Å²) in [6, 6.07) is 8.80. The Kier molecular flexibility index (Phi) is 5.72. The van der Waals surface area contributed by atoms with Crippen LogP contribution >= 0.6 is 27.3 Å². The van der Waals surface area contributed by atoms with Crippen molar-refractivity contribution in [2.75, 3.05) is 6.54 Å². The molecule has 0 fully saturated rings. The highest BCUT2D eigenvalue weighted by Crippen LogP contribution is 2.37. The molecule has 0 bridgehead atoms. The average molecular weight is 376 g/mol. The molecule has 0 saturated heterocycles. The van der Waals surface area contributed by atoms with Gasteiger partial charge in [0.2, 0.25) is 0 Å². The van der Waals surface area contributed by atoms with Crippen LogP contribution in [0.4, 0.5) is 8.78 Å². The molecule has 2 rings (SSSR count). The van der Waals surface area contributed by atoms with Crippen molar-refractivity contribution in [3.05, 3.63) is 50.1 Å². The summed E-state index contributed by atoms with van der Waals surface area (Å²) >= 11 is 5.10. The van der Waals surface area contributed by atoms with Crippen molar-refractivity contribution in [3.63, 3.8) is 0 Å². The van der Waals surface area contributed by atoms with Gasteiger partial charge < -0.3 is 10.1 Å². The van der Waals surface area contributed by atoms with Gasteiger partial charge in [-0.3, -0.25) is 0 Å². The maximum Gasteiger partial charge on any atom is 0.387 e. The smallest absolute Gasteiger partial charge is 0.387 e. The predicted molar refractivity (Wildman–Crippen MR) is 85.3 cm³/mol. The molecule has 0 aliphatic heterocycles. The molecule has 1 aromatic carbocycles. The molecule has 0 spiro atoms. The Balaban J connectivity index is 2.42. The topological polar surface area (TPSA) is 21.3 Å². The zero-order valence-electron chi connectivity index (χ0n) is 11.7. The number of rotatable bonds is 6. The lowest BCUT2D eigenvalue weighted by atomic mass is 10.0. The molecule has 2 nitrogen and oxygen atoms in total. The molecule has 1 aromatic heterocycles. The highest BCUT2D eigenvalue weighted by molar-refractivity contribution is 9.11. The van der Waals surface area contributed by atoms with Crippen LogP contribution in [0.1, 0.15) is 29.0 Å². The summed E-state index contributed by atoms with van der Waals surface area (Å²) in [5.41, 5.74) is 1.85. The summed E-state index contributed by atoms with van der Waals surface area (Å²) in [5, 5.41) is 3.33. The normalized spacial score (nSPS) is 12.7. The minimum atomic E-state index is -2.83. The standard InChI is InChI=1S/C15H16BrF2NOS/c1-3-19-13(12-8-9(2)14(16)21-12)10-6-4-5-7-11(10)20-15(17)18/h4-8,13,15,19H,3H2,1-2H3. The minimum absolute atomic E-state index is 0.167. The molecule has 0 aliphatic carbocycles. The molecule has 2 aromatic rings. The van der Waals surface area contributed by atoms with Gasteiger partial charge in [0.25, 0.3) is 0 Å². The molecule has 0 radical (unpaired) electrons. The summed E-state index contributed by atoms with van der Waals surface area (Å²) in [4.78, 5) is 1.06. The van der Waals surface area contributed by atoms with Gasteiger partial charge in [-0.15, -0.1) is 11.3 Å². The predicted octanol–water partition coefficient (Wildman–Crippen LogP) is 5.12. The number of nitrogens with one attached hydrogen (secondary N) is 1. The number of thiophene rings is 1. The van der Waals surface area contributed by atoms with Crippen LogP contribution in [0.2, 0.25) is 0 Å². The van der Waals surface area contributed by atoms with E-state index in [9.17, 15) is 8.78 Å². The molecule has 6 heteroatoms. The second kappa shape index (κ2) is 7.33. The minimum Gasteiger partial charge on any atom is -0.434 e. The van der Waals surface area contributed by atoms with Gasteiger partial charge in [0.05, 0.1) is 9.83 Å². The first-order valence-electron chi connectivity index (χ1n) is 6.55. The quantitative estimate of drug-likeness (QED) is 0.756. The molecular formula is C15H16BrF2NOS. The highest BCUT2D eigenvalue weighted by Gasteiger charge is 2.21. The lowest BCUT2D eigenvalue weighted by Crippen LogP contribution is -2.22. The van der Waals surface area contributed by atoms with Crippen molar-refractivity contribution < 1.29 is 13.5 Å². The van der Waals surface area contributed by atoms with Crippen LogP contribution in [0.15, 0.2) is 34.1 Å². The molecule has 1 atom stereocenters. The van der Waals surface area contributed by atoms with Crippen LogP contribution in [-0.2, 0) is 0 Å². The van der Waals surface area contributed by atoms with E-state index in [1.54, 1.807) is 23.5 Å². The first-order valence-corrected chi connectivity index (χ1v) is 8.16. The van der Waals surface area contributed by atoms with Crippen LogP contribution in [0.3, 0.4) is 0 Å². The Morgan fingerprint density at radius 3 is 2.62 bits per heavy atom. The Morgan fingerprint density at radius 1 is 1.33 bits per heavy atom. The number of benzene rings is 1. The number of aryl methyl sites for hydroxylation is 1. The van der Waals surface area contributed by atoms with E-state index in [-0.39, 0.29) is 11.8 Å². The van der Waals surface area contributed by atoms with E-state index in [2.05, 4.69) is 32.0 Å². The highest BCUT2D eigenvalue weighted by atomic mass is 79.9. The zero-order valence-corrected chi connectivity index (χ0v) is 14.1. The van der Waals surface area contributed by atoms with Gasteiger partial charge in [-0.1, -0.05) is 25.1 Å². The molecule has 21 heavy (non-hydrogen) atoms. The molecule has 0 amide bonds. The average Bonchev–Trinajstić information content (AvgIpc) is 2.76. The van der Waals surface area contributed by atoms with Gasteiger partial charge in [0, 0.05) is 10.4 Å². The van der Waals surface area contributed by atoms with E-state index in [1.165, 1.54) is 0 Å². The van der Waals surface area contributed by atoms with Crippen molar-refractivity contribution >= 4 is 27.3 Å². The van der Waals surface area contributed by atoms with Crippen LogP contribution in [0.25, 0.3) is 0 Å². The molecular weight excluding hydrogens is 360 g/mol. The zero-order chi connectivity index (χ0) is 15.4. The lowest BCUT2D eigenvalue weighted by molar-refractivity contribution is -0.0506. The van der Waals surface area contributed by atoms with Crippen LogP contribution in [-0.4, -0.2) is 13.2 Å². The summed E-state index contributed by atoms with van der Waals surface area (Å²) in [6.07, 6.45) is 0. The Morgan fingerprint density at radius 2 is 2.05 bits per heavy atom. The maximum absolute atomic E-state index is 12.6. The number of hydrogen-bond acceptors (Lipinski definition) is 3. The van der Waals surface area contributed by atoms with Crippen molar-refractivity contribution in [2.45, 2.75) is 26.5 Å². The number of ether oxygens (including phenoxy) is 1. The van der Waals surface area contributed by atoms with Crippen LogP contribution in [0.5, 0.6) is 5.75 Å². The van der Waals surface area contributed by atoms with Gasteiger partial charge in [0.15, 0.2) is 0 Å².